The Hall–Kier alpha value is -0.160. The molecule has 2 aliphatic heterocycles. The van der Waals surface area contributed by atoms with Crippen molar-refractivity contribution in [1.29, 1.82) is 0 Å². The summed E-state index contributed by atoms with van der Waals surface area (Å²) in [6, 6.07) is 1.11. The number of morpholine rings is 1. The van der Waals surface area contributed by atoms with Gasteiger partial charge in [-0.2, -0.15) is 0 Å². The minimum atomic E-state index is 0.548. The van der Waals surface area contributed by atoms with Gasteiger partial charge >= 0.3 is 0 Å². The van der Waals surface area contributed by atoms with Crippen LogP contribution in [0.4, 0.5) is 0 Å². The number of hydrogen-bond acceptors (Lipinski definition) is 4. The van der Waals surface area contributed by atoms with Gasteiger partial charge in [-0.15, -0.1) is 0 Å². The van der Waals surface area contributed by atoms with Gasteiger partial charge in [-0.05, 0) is 20.4 Å². The van der Waals surface area contributed by atoms with Crippen molar-refractivity contribution in [3.05, 3.63) is 0 Å². The quantitative estimate of drug-likeness (QED) is 0.752. The molecule has 3 atom stereocenters. The van der Waals surface area contributed by atoms with Gasteiger partial charge < -0.3 is 14.8 Å². The molecule has 2 aliphatic rings. The van der Waals surface area contributed by atoms with Gasteiger partial charge in [0.25, 0.3) is 0 Å². The second kappa shape index (κ2) is 5.96. The fraction of sp³-hybridized carbons (Fsp3) is 1.00. The molecule has 0 aliphatic carbocycles. The number of rotatable bonds is 4. The molecular weight excluding hydrogens is 204 g/mol. The smallest absolute Gasteiger partial charge is 0.0619 e. The zero-order chi connectivity index (χ0) is 11.4. The Labute approximate surface area is 98.3 Å². The number of nitrogens with zero attached hydrogens (tertiary/aromatic N) is 1. The van der Waals surface area contributed by atoms with Crippen LogP contribution in [0, 0.1) is 5.92 Å². The van der Waals surface area contributed by atoms with Gasteiger partial charge in [-0.3, -0.25) is 4.90 Å². The van der Waals surface area contributed by atoms with Crippen molar-refractivity contribution in [2.45, 2.75) is 25.4 Å². The van der Waals surface area contributed by atoms with E-state index in [9.17, 15) is 0 Å². The lowest BCUT2D eigenvalue weighted by Crippen LogP contribution is -2.51. The predicted molar refractivity (Wildman–Crippen MR) is 63.6 cm³/mol. The molecule has 0 radical (unpaired) electrons. The molecule has 94 valence electrons. The number of nitrogens with one attached hydrogen (secondary N) is 1. The SMILES string of the molecule is CNC(CN1CCOCC1C)C1CCOC1. The summed E-state index contributed by atoms with van der Waals surface area (Å²) in [5.74, 6) is 0.681. The van der Waals surface area contributed by atoms with Crippen LogP contribution in [0.5, 0.6) is 0 Å². The first-order chi connectivity index (χ1) is 7.81. The molecule has 0 spiro atoms. The Morgan fingerprint density at radius 3 is 2.75 bits per heavy atom. The molecule has 0 aromatic heterocycles. The summed E-state index contributed by atoms with van der Waals surface area (Å²) in [6.45, 7) is 8.03. The van der Waals surface area contributed by atoms with Crippen molar-refractivity contribution >= 4 is 0 Å². The van der Waals surface area contributed by atoms with Crippen LogP contribution in [0.1, 0.15) is 13.3 Å². The Morgan fingerprint density at radius 1 is 1.31 bits per heavy atom. The van der Waals surface area contributed by atoms with Gasteiger partial charge in [0.2, 0.25) is 0 Å². The lowest BCUT2D eigenvalue weighted by atomic mass is 9.98. The first-order valence-electron chi connectivity index (χ1n) is 6.38. The van der Waals surface area contributed by atoms with Crippen LogP contribution in [0.3, 0.4) is 0 Å². The maximum atomic E-state index is 5.47. The number of ether oxygens (including phenoxy) is 2. The number of likely N-dealkylation sites (N-methyl/N-ethyl adjacent to an activating group) is 1. The summed E-state index contributed by atoms with van der Waals surface area (Å²) >= 11 is 0. The Morgan fingerprint density at radius 2 is 2.12 bits per heavy atom. The summed E-state index contributed by atoms with van der Waals surface area (Å²) in [6.07, 6.45) is 1.20. The van der Waals surface area contributed by atoms with Gasteiger partial charge in [0.1, 0.15) is 0 Å². The zero-order valence-electron chi connectivity index (χ0n) is 10.4. The number of hydrogen-bond donors (Lipinski definition) is 1. The van der Waals surface area contributed by atoms with Crippen molar-refractivity contribution < 1.29 is 9.47 Å². The van der Waals surface area contributed by atoms with Crippen LogP contribution in [-0.4, -0.2) is 63.5 Å². The molecule has 2 saturated heterocycles. The minimum Gasteiger partial charge on any atom is -0.381 e. The van der Waals surface area contributed by atoms with Gasteiger partial charge in [0, 0.05) is 37.7 Å². The van der Waals surface area contributed by atoms with Crippen molar-refractivity contribution in [3.63, 3.8) is 0 Å². The molecular formula is C12H24N2O2. The molecule has 2 fully saturated rings. The molecule has 2 heterocycles. The van der Waals surface area contributed by atoms with Gasteiger partial charge in [-0.1, -0.05) is 0 Å². The van der Waals surface area contributed by atoms with Gasteiger partial charge in [0.05, 0.1) is 19.8 Å². The van der Waals surface area contributed by atoms with Crippen LogP contribution in [0.25, 0.3) is 0 Å². The second-order valence-corrected chi connectivity index (χ2v) is 4.94. The monoisotopic (exact) mass is 228 g/mol. The zero-order valence-corrected chi connectivity index (χ0v) is 10.4. The van der Waals surface area contributed by atoms with Crippen molar-refractivity contribution in [2.24, 2.45) is 5.92 Å². The van der Waals surface area contributed by atoms with Crippen LogP contribution in [0.15, 0.2) is 0 Å². The summed E-state index contributed by atoms with van der Waals surface area (Å²) in [4.78, 5) is 2.53. The molecule has 4 nitrogen and oxygen atoms in total. The van der Waals surface area contributed by atoms with Crippen LogP contribution < -0.4 is 5.32 Å². The van der Waals surface area contributed by atoms with E-state index in [2.05, 4.69) is 24.2 Å². The summed E-state index contributed by atoms with van der Waals surface area (Å²) in [7, 11) is 2.06. The van der Waals surface area contributed by atoms with Crippen molar-refractivity contribution in [3.8, 4) is 0 Å². The van der Waals surface area contributed by atoms with E-state index in [-0.39, 0.29) is 0 Å². The topological polar surface area (TPSA) is 33.7 Å². The fourth-order valence-corrected chi connectivity index (χ4v) is 2.63. The third kappa shape index (κ3) is 2.94. The normalized spacial score (nSPS) is 34.1. The average molecular weight is 228 g/mol. The third-order valence-corrected chi connectivity index (χ3v) is 3.84. The highest BCUT2D eigenvalue weighted by Crippen LogP contribution is 2.18. The first-order valence-corrected chi connectivity index (χ1v) is 6.38. The van der Waals surface area contributed by atoms with Gasteiger partial charge in [0.15, 0.2) is 0 Å². The van der Waals surface area contributed by atoms with Gasteiger partial charge in [-0.25, -0.2) is 0 Å². The van der Waals surface area contributed by atoms with E-state index in [1.54, 1.807) is 0 Å². The summed E-state index contributed by atoms with van der Waals surface area (Å²) < 4.78 is 10.9. The molecule has 3 unspecified atom stereocenters. The van der Waals surface area contributed by atoms with E-state index in [0.29, 0.717) is 18.0 Å². The van der Waals surface area contributed by atoms with Crippen LogP contribution in [0.2, 0.25) is 0 Å². The minimum absolute atomic E-state index is 0.548. The highest BCUT2D eigenvalue weighted by molar-refractivity contribution is 4.83. The lowest BCUT2D eigenvalue weighted by molar-refractivity contribution is -0.00725. The Kier molecular flexibility index (Phi) is 4.58. The maximum absolute atomic E-state index is 5.47. The van der Waals surface area contributed by atoms with E-state index < -0.39 is 0 Å². The summed E-state index contributed by atoms with van der Waals surface area (Å²) in [5, 5.41) is 3.45. The van der Waals surface area contributed by atoms with E-state index in [0.717, 1.165) is 39.5 Å². The van der Waals surface area contributed by atoms with Crippen molar-refractivity contribution in [2.75, 3.05) is 46.6 Å². The van der Waals surface area contributed by atoms with E-state index >= 15 is 0 Å². The van der Waals surface area contributed by atoms with Crippen LogP contribution in [-0.2, 0) is 9.47 Å². The Bertz CT molecular complexity index is 207. The summed E-state index contributed by atoms with van der Waals surface area (Å²) in [5.41, 5.74) is 0. The molecule has 0 amide bonds. The molecule has 4 heteroatoms. The third-order valence-electron chi connectivity index (χ3n) is 3.84. The highest BCUT2D eigenvalue weighted by Gasteiger charge is 2.28. The molecule has 1 N–H and O–H groups in total. The Balaban J connectivity index is 1.84. The molecule has 0 saturated carbocycles. The maximum Gasteiger partial charge on any atom is 0.0619 e. The standard InChI is InChI=1S/C12H24N2O2/c1-10-8-16-6-4-14(10)7-12(13-2)11-3-5-15-9-11/h10-13H,3-9H2,1-2H3. The lowest BCUT2D eigenvalue weighted by Gasteiger charge is -2.37. The molecule has 0 bridgehead atoms. The van der Waals surface area contributed by atoms with Crippen molar-refractivity contribution in [1.82, 2.24) is 10.2 Å². The molecule has 0 aromatic rings. The largest absolute Gasteiger partial charge is 0.381 e. The average Bonchev–Trinajstić information content (AvgIpc) is 2.81. The van der Waals surface area contributed by atoms with Crippen LogP contribution >= 0.6 is 0 Å². The molecule has 16 heavy (non-hydrogen) atoms. The first kappa shape index (κ1) is 12.3. The predicted octanol–water partition coefficient (Wildman–Crippen LogP) is 0.332. The van der Waals surface area contributed by atoms with E-state index in [4.69, 9.17) is 9.47 Å². The highest BCUT2D eigenvalue weighted by atomic mass is 16.5. The molecule has 0 aromatic carbocycles. The second-order valence-electron chi connectivity index (χ2n) is 4.94. The van der Waals surface area contributed by atoms with E-state index in [1.807, 2.05) is 0 Å². The van der Waals surface area contributed by atoms with E-state index in [1.165, 1.54) is 6.42 Å². The fourth-order valence-electron chi connectivity index (χ4n) is 2.63. The molecule has 2 rings (SSSR count).